The number of benzene rings is 1. The lowest BCUT2D eigenvalue weighted by Gasteiger charge is -2.34. The second kappa shape index (κ2) is 4.23. The number of anilines is 1. The van der Waals surface area contributed by atoms with Gasteiger partial charge in [-0.2, -0.15) is 0 Å². The topological polar surface area (TPSA) is 32.3 Å². The van der Waals surface area contributed by atoms with Gasteiger partial charge in [0.05, 0.1) is 0 Å². The average Bonchev–Trinajstić information content (AvgIpc) is 2.22. The van der Waals surface area contributed by atoms with E-state index in [4.69, 9.17) is 0 Å². The number of aliphatic hydroxyl groups is 1. The normalized spacial score (nSPS) is 19.9. The minimum atomic E-state index is -0.676. The lowest BCUT2D eigenvalue weighted by molar-refractivity contribution is 0.0316. The minimum absolute atomic E-state index is 0.676. The van der Waals surface area contributed by atoms with Crippen LogP contribution in [-0.2, 0) is 0 Å². The number of hydrogen-bond acceptors (Lipinski definition) is 2. The molecule has 0 atom stereocenters. The molecule has 1 fully saturated rings. The van der Waals surface area contributed by atoms with E-state index >= 15 is 0 Å². The van der Waals surface area contributed by atoms with Crippen molar-refractivity contribution in [1.29, 1.82) is 0 Å². The Labute approximate surface area is 91.3 Å². The van der Waals surface area contributed by atoms with Crippen LogP contribution in [0.3, 0.4) is 0 Å². The third-order valence-corrected chi connectivity index (χ3v) is 3.19. The van der Waals surface area contributed by atoms with Crippen LogP contribution in [0.4, 0.5) is 5.69 Å². The first-order chi connectivity index (χ1) is 7.20. The molecule has 15 heavy (non-hydrogen) atoms. The molecule has 1 saturated carbocycles. The maximum Gasteiger partial charge on any atom is 0.135 e. The van der Waals surface area contributed by atoms with Crippen molar-refractivity contribution >= 4 is 5.69 Å². The molecule has 0 saturated heterocycles. The number of nitrogens with one attached hydrogen (secondary N) is 1. The van der Waals surface area contributed by atoms with Crippen molar-refractivity contribution in [2.75, 3.05) is 5.32 Å². The van der Waals surface area contributed by atoms with Crippen LogP contribution in [-0.4, -0.2) is 10.8 Å². The van der Waals surface area contributed by atoms with Gasteiger partial charge in [0.25, 0.3) is 0 Å². The summed E-state index contributed by atoms with van der Waals surface area (Å²) >= 11 is 0. The van der Waals surface area contributed by atoms with Gasteiger partial charge < -0.3 is 10.4 Å². The van der Waals surface area contributed by atoms with Crippen molar-refractivity contribution in [1.82, 2.24) is 0 Å². The molecule has 1 aliphatic carbocycles. The Balaban J connectivity index is 2.10. The van der Waals surface area contributed by atoms with E-state index in [0.29, 0.717) is 0 Å². The third-order valence-electron chi connectivity index (χ3n) is 3.19. The molecule has 0 amide bonds. The number of para-hydroxylation sites is 1. The molecule has 0 spiro atoms. The van der Waals surface area contributed by atoms with Crippen LogP contribution >= 0.6 is 0 Å². The summed E-state index contributed by atoms with van der Waals surface area (Å²) in [6, 6.07) is 8.11. The van der Waals surface area contributed by atoms with Crippen LogP contribution in [0.15, 0.2) is 24.3 Å². The molecule has 2 nitrogen and oxygen atoms in total. The average molecular weight is 205 g/mol. The fourth-order valence-corrected chi connectivity index (χ4v) is 2.23. The summed E-state index contributed by atoms with van der Waals surface area (Å²) in [7, 11) is 0. The maximum atomic E-state index is 10.3. The van der Waals surface area contributed by atoms with Crippen LogP contribution in [0.5, 0.6) is 0 Å². The fraction of sp³-hybridized carbons (Fsp3) is 0.538. The molecule has 0 radical (unpaired) electrons. The van der Waals surface area contributed by atoms with Crippen molar-refractivity contribution in [3.63, 3.8) is 0 Å². The predicted octanol–water partition coefficient (Wildman–Crippen LogP) is 3.06. The first-order valence-electron chi connectivity index (χ1n) is 5.76. The highest BCUT2D eigenvalue weighted by Gasteiger charge is 2.28. The summed E-state index contributed by atoms with van der Waals surface area (Å²) in [4.78, 5) is 0. The van der Waals surface area contributed by atoms with Gasteiger partial charge in [-0.1, -0.05) is 24.6 Å². The Morgan fingerprint density at radius 2 is 1.80 bits per heavy atom. The summed E-state index contributed by atoms with van der Waals surface area (Å²) in [5.74, 6) is 0. The highest BCUT2D eigenvalue weighted by atomic mass is 16.3. The van der Waals surface area contributed by atoms with Gasteiger partial charge >= 0.3 is 0 Å². The summed E-state index contributed by atoms with van der Waals surface area (Å²) in [6.07, 6.45) is 5.21. The highest BCUT2D eigenvalue weighted by molar-refractivity contribution is 5.51. The molecule has 0 bridgehead atoms. The molecule has 0 unspecified atom stereocenters. The van der Waals surface area contributed by atoms with E-state index in [9.17, 15) is 5.11 Å². The third kappa shape index (κ3) is 2.51. The second-order valence-corrected chi connectivity index (χ2v) is 4.53. The Kier molecular flexibility index (Phi) is 2.96. The summed E-state index contributed by atoms with van der Waals surface area (Å²) < 4.78 is 0. The fourth-order valence-electron chi connectivity index (χ4n) is 2.23. The Hall–Kier alpha value is -1.02. The van der Waals surface area contributed by atoms with Crippen molar-refractivity contribution < 1.29 is 5.11 Å². The molecule has 2 N–H and O–H groups in total. The van der Waals surface area contributed by atoms with E-state index in [-0.39, 0.29) is 0 Å². The van der Waals surface area contributed by atoms with Crippen LogP contribution < -0.4 is 5.32 Å². The van der Waals surface area contributed by atoms with Gasteiger partial charge in [-0.05, 0) is 44.2 Å². The summed E-state index contributed by atoms with van der Waals surface area (Å²) in [5, 5.41) is 13.6. The molecule has 1 aliphatic rings. The van der Waals surface area contributed by atoms with Crippen LogP contribution in [0.1, 0.15) is 37.7 Å². The van der Waals surface area contributed by atoms with Gasteiger partial charge in [0.15, 0.2) is 0 Å². The van der Waals surface area contributed by atoms with Crippen LogP contribution in [0, 0.1) is 6.92 Å². The Morgan fingerprint density at radius 1 is 1.13 bits per heavy atom. The number of aryl methyl sites for hydroxylation is 1. The van der Waals surface area contributed by atoms with Crippen molar-refractivity contribution in [2.24, 2.45) is 0 Å². The second-order valence-electron chi connectivity index (χ2n) is 4.53. The monoisotopic (exact) mass is 205 g/mol. The lowest BCUT2D eigenvalue weighted by Crippen LogP contribution is -2.40. The largest absolute Gasteiger partial charge is 0.371 e. The van der Waals surface area contributed by atoms with Gasteiger partial charge in [0, 0.05) is 5.69 Å². The van der Waals surface area contributed by atoms with Crippen LogP contribution in [0.2, 0.25) is 0 Å². The first-order valence-corrected chi connectivity index (χ1v) is 5.76. The maximum absolute atomic E-state index is 10.3. The zero-order valence-corrected chi connectivity index (χ0v) is 9.29. The van der Waals surface area contributed by atoms with E-state index in [2.05, 4.69) is 18.3 Å². The molecule has 0 aliphatic heterocycles. The first kappa shape index (κ1) is 10.5. The molecule has 82 valence electrons. The van der Waals surface area contributed by atoms with E-state index in [0.717, 1.165) is 31.4 Å². The van der Waals surface area contributed by atoms with E-state index in [1.807, 2.05) is 18.2 Å². The predicted molar refractivity (Wildman–Crippen MR) is 62.8 cm³/mol. The van der Waals surface area contributed by atoms with Crippen LogP contribution in [0.25, 0.3) is 0 Å². The molecule has 1 aromatic rings. The van der Waals surface area contributed by atoms with Crippen molar-refractivity contribution in [3.8, 4) is 0 Å². The smallest absolute Gasteiger partial charge is 0.135 e. The molecule has 2 rings (SSSR count). The van der Waals surface area contributed by atoms with Gasteiger partial charge in [-0.25, -0.2) is 0 Å². The SMILES string of the molecule is Cc1ccccc1NC1(O)CCCCC1. The van der Waals surface area contributed by atoms with Gasteiger partial charge in [-0.15, -0.1) is 0 Å². The molecular weight excluding hydrogens is 186 g/mol. The summed E-state index contributed by atoms with van der Waals surface area (Å²) in [6.45, 7) is 2.06. The van der Waals surface area contributed by atoms with E-state index in [1.54, 1.807) is 0 Å². The molecule has 0 aromatic heterocycles. The molecule has 1 aromatic carbocycles. The van der Waals surface area contributed by atoms with Crippen molar-refractivity contribution in [2.45, 2.75) is 44.8 Å². The molecule has 2 heteroatoms. The number of rotatable bonds is 2. The minimum Gasteiger partial charge on any atom is -0.371 e. The Bertz CT molecular complexity index is 329. The lowest BCUT2D eigenvalue weighted by atomic mass is 9.91. The zero-order valence-electron chi connectivity index (χ0n) is 9.29. The Morgan fingerprint density at radius 3 is 2.47 bits per heavy atom. The molecule has 0 heterocycles. The van der Waals surface area contributed by atoms with E-state index in [1.165, 1.54) is 12.0 Å². The zero-order chi connectivity index (χ0) is 10.7. The van der Waals surface area contributed by atoms with Gasteiger partial charge in [0.1, 0.15) is 5.72 Å². The summed E-state index contributed by atoms with van der Waals surface area (Å²) in [5.41, 5.74) is 1.57. The number of hydrogen-bond donors (Lipinski definition) is 2. The molecular formula is C13H19NO. The van der Waals surface area contributed by atoms with Crippen molar-refractivity contribution in [3.05, 3.63) is 29.8 Å². The van der Waals surface area contributed by atoms with Gasteiger partial charge in [0.2, 0.25) is 0 Å². The quantitative estimate of drug-likeness (QED) is 0.727. The van der Waals surface area contributed by atoms with E-state index < -0.39 is 5.72 Å². The standard InChI is InChI=1S/C13H19NO/c1-11-7-3-4-8-12(11)14-13(15)9-5-2-6-10-13/h3-4,7-8,14-15H,2,5-6,9-10H2,1H3. The van der Waals surface area contributed by atoms with Gasteiger partial charge in [-0.3, -0.25) is 0 Å². The highest BCUT2D eigenvalue weighted by Crippen LogP contribution is 2.30.